The summed E-state index contributed by atoms with van der Waals surface area (Å²) in [5.74, 6) is 1.22. The number of hydrogen-bond acceptors (Lipinski definition) is 5. The number of amides is 1. The van der Waals surface area contributed by atoms with E-state index < -0.39 is 5.82 Å². The van der Waals surface area contributed by atoms with Crippen LogP contribution in [0.5, 0.6) is 11.6 Å². The zero-order chi connectivity index (χ0) is 20.2. The summed E-state index contributed by atoms with van der Waals surface area (Å²) in [5.41, 5.74) is 0. The van der Waals surface area contributed by atoms with Crippen LogP contribution in [-0.4, -0.2) is 46.5 Å². The summed E-state index contributed by atoms with van der Waals surface area (Å²) in [6.45, 7) is 4.18. The van der Waals surface area contributed by atoms with E-state index in [2.05, 4.69) is 21.8 Å². The van der Waals surface area contributed by atoms with E-state index in [1.807, 2.05) is 4.90 Å². The summed E-state index contributed by atoms with van der Waals surface area (Å²) in [7, 11) is 0. The Labute approximate surface area is 170 Å². The first-order valence-corrected chi connectivity index (χ1v) is 10.4. The van der Waals surface area contributed by atoms with Gasteiger partial charge < -0.3 is 14.5 Å². The van der Waals surface area contributed by atoms with Crippen LogP contribution < -0.4 is 9.64 Å². The number of nitrogens with zero attached hydrogens (tertiary/aromatic N) is 4. The van der Waals surface area contributed by atoms with Crippen molar-refractivity contribution in [2.24, 2.45) is 5.92 Å². The molecule has 1 atom stereocenters. The summed E-state index contributed by atoms with van der Waals surface area (Å²) in [6, 6.07) is 8.08. The molecule has 0 N–H and O–H groups in total. The van der Waals surface area contributed by atoms with Crippen molar-refractivity contribution >= 4 is 11.7 Å². The van der Waals surface area contributed by atoms with Gasteiger partial charge in [0.2, 0.25) is 11.8 Å². The van der Waals surface area contributed by atoms with Gasteiger partial charge in [-0.05, 0) is 31.9 Å². The Hall–Kier alpha value is -2.70. The summed E-state index contributed by atoms with van der Waals surface area (Å²) < 4.78 is 19.4. The fourth-order valence-corrected chi connectivity index (χ4v) is 4.28. The molecule has 1 saturated carbocycles. The van der Waals surface area contributed by atoms with Gasteiger partial charge in [0.05, 0.1) is 0 Å². The highest BCUT2D eigenvalue weighted by molar-refractivity contribution is 5.79. The first-order valence-electron chi connectivity index (χ1n) is 10.4. The van der Waals surface area contributed by atoms with Crippen molar-refractivity contribution in [1.29, 1.82) is 0 Å². The molecule has 0 bridgehead atoms. The highest BCUT2D eigenvalue weighted by Crippen LogP contribution is 2.29. The Bertz CT molecular complexity index is 856. The number of carbonyl (C=O) groups is 1. The molecule has 154 valence electrons. The number of carbonyl (C=O) groups excluding carboxylic acids is 1. The molecule has 7 heteroatoms. The molecule has 2 aliphatic rings. The molecule has 1 aromatic heterocycles. The number of halogens is 1. The van der Waals surface area contributed by atoms with Crippen LogP contribution in [0.3, 0.4) is 0 Å². The minimum absolute atomic E-state index is 0.115. The Morgan fingerprint density at radius 1 is 1.14 bits per heavy atom. The van der Waals surface area contributed by atoms with E-state index in [1.165, 1.54) is 18.8 Å². The number of aromatic nitrogens is 2. The minimum atomic E-state index is -0.434. The first kappa shape index (κ1) is 19.6. The molecule has 6 nitrogen and oxygen atoms in total. The monoisotopic (exact) mass is 398 g/mol. The van der Waals surface area contributed by atoms with Gasteiger partial charge in [-0.15, -0.1) is 0 Å². The fourth-order valence-electron chi connectivity index (χ4n) is 4.28. The molecule has 1 aliphatic heterocycles. The quantitative estimate of drug-likeness (QED) is 0.778. The van der Waals surface area contributed by atoms with E-state index in [9.17, 15) is 9.18 Å². The highest BCUT2D eigenvalue weighted by Gasteiger charge is 2.32. The normalized spacial score (nSPS) is 20.6. The molecule has 29 heavy (non-hydrogen) atoms. The topological polar surface area (TPSA) is 58.6 Å². The van der Waals surface area contributed by atoms with Crippen molar-refractivity contribution in [2.45, 2.75) is 45.1 Å². The Morgan fingerprint density at radius 3 is 2.69 bits per heavy atom. The van der Waals surface area contributed by atoms with Gasteiger partial charge in [-0.3, -0.25) is 4.79 Å². The molecule has 0 unspecified atom stereocenters. The van der Waals surface area contributed by atoms with Gasteiger partial charge in [-0.1, -0.05) is 31.4 Å². The van der Waals surface area contributed by atoms with Crippen LogP contribution in [0, 0.1) is 11.7 Å². The third-order valence-corrected chi connectivity index (χ3v) is 5.87. The summed E-state index contributed by atoms with van der Waals surface area (Å²) in [4.78, 5) is 25.5. The molecule has 4 rings (SSSR count). The lowest BCUT2D eigenvalue weighted by Gasteiger charge is -2.42. The van der Waals surface area contributed by atoms with Crippen LogP contribution in [0.1, 0.15) is 39.0 Å². The zero-order valence-electron chi connectivity index (χ0n) is 16.8. The molecule has 0 radical (unpaired) electrons. The molecular weight excluding hydrogens is 371 g/mol. The second-order valence-corrected chi connectivity index (χ2v) is 7.91. The predicted octanol–water partition coefficient (Wildman–Crippen LogP) is 4.03. The molecule has 2 fully saturated rings. The predicted molar refractivity (Wildman–Crippen MR) is 108 cm³/mol. The Balaban J connectivity index is 1.41. The van der Waals surface area contributed by atoms with Crippen LogP contribution in [0.2, 0.25) is 0 Å². The third kappa shape index (κ3) is 4.49. The van der Waals surface area contributed by atoms with Gasteiger partial charge in [-0.2, -0.15) is 0 Å². The van der Waals surface area contributed by atoms with Crippen molar-refractivity contribution in [3.05, 3.63) is 42.5 Å². The first-order chi connectivity index (χ1) is 14.1. The molecule has 2 aromatic rings. The average molecular weight is 398 g/mol. The summed E-state index contributed by atoms with van der Waals surface area (Å²) in [5, 5.41) is 0. The van der Waals surface area contributed by atoms with Crippen LogP contribution in [0.15, 0.2) is 36.7 Å². The summed E-state index contributed by atoms with van der Waals surface area (Å²) >= 11 is 0. The van der Waals surface area contributed by atoms with Crippen LogP contribution in [0.25, 0.3) is 0 Å². The van der Waals surface area contributed by atoms with Gasteiger partial charge in [-0.25, -0.2) is 14.4 Å². The maximum Gasteiger partial charge on any atom is 0.226 e. The third-order valence-electron chi connectivity index (χ3n) is 5.87. The zero-order valence-corrected chi connectivity index (χ0v) is 16.8. The molecule has 1 aliphatic carbocycles. The van der Waals surface area contributed by atoms with Crippen molar-refractivity contribution in [3.8, 4) is 11.6 Å². The average Bonchev–Trinajstić information content (AvgIpc) is 2.76. The van der Waals surface area contributed by atoms with Crippen LogP contribution in [0.4, 0.5) is 10.2 Å². The lowest BCUT2D eigenvalue weighted by Crippen LogP contribution is -2.55. The standard InChI is InChI=1S/C22H27FN4O2/c1-16-14-26(11-12-27(16)22(28)17-7-3-2-4-8-17)20-13-21(25-15-24-20)29-19-10-6-5-9-18(19)23/h5-6,9-10,13,15-17H,2-4,7-8,11-12,14H2,1H3/t16-/m1/s1. The van der Waals surface area contributed by atoms with Gasteiger partial charge in [0.25, 0.3) is 0 Å². The molecule has 1 saturated heterocycles. The van der Waals surface area contributed by atoms with Gasteiger partial charge in [0.1, 0.15) is 12.1 Å². The van der Waals surface area contributed by atoms with Gasteiger partial charge in [0.15, 0.2) is 11.6 Å². The van der Waals surface area contributed by atoms with E-state index >= 15 is 0 Å². The van der Waals surface area contributed by atoms with Gasteiger partial charge in [0, 0.05) is 37.7 Å². The van der Waals surface area contributed by atoms with E-state index in [-0.39, 0.29) is 17.7 Å². The smallest absolute Gasteiger partial charge is 0.226 e. The van der Waals surface area contributed by atoms with E-state index in [4.69, 9.17) is 4.74 Å². The van der Waals surface area contributed by atoms with E-state index in [0.717, 1.165) is 31.5 Å². The van der Waals surface area contributed by atoms with Crippen molar-refractivity contribution in [3.63, 3.8) is 0 Å². The number of anilines is 1. The number of rotatable bonds is 4. The molecular formula is C22H27FN4O2. The molecule has 1 aromatic carbocycles. The molecule has 2 heterocycles. The maximum atomic E-state index is 13.8. The summed E-state index contributed by atoms with van der Waals surface area (Å²) in [6.07, 6.45) is 7.05. The lowest BCUT2D eigenvalue weighted by molar-refractivity contribution is -0.139. The number of ether oxygens (including phenoxy) is 1. The van der Waals surface area contributed by atoms with Crippen molar-refractivity contribution in [1.82, 2.24) is 14.9 Å². The fraction of sp³-hybridized carbons (Fsp3) is 0.500. The van der Waals surface area contributed by atoms with E-state index in [0.29, 0.717) is 31.4 Å². The second-order valence-electron chi connectivity index (χ2n) is 7.91. The number of hydrogen-bond donors (Lipinski definition) is 0. The SMILES string of the molecule is C[C@@H]1CN(c2cc(Oc3ccccc3F)ncn2)CCN1C(=O)C1CCCCC1. The highest BCUT2D eigenvalue weighted by atomic mass is 19.1. The maximum absolute atomic E-state index is 13.8. The number of benzene rings is 1. The van der Waals surface area contributed by atoms with Crippen molar-refractivity contribution < 1.29 is 13.9 Å². The number of piperazine rings is 1. The number of para-hydroxylation sites is 1. The van der Waals surface area contributed by atoms with E-state index in [1.54, 1.807) is 24.3 Å². The molecule has 1 amide bonds. The van der Waals surface area contributed by atoms with Crippen LogP contribution in [-0.2, 0) is 4.79 Å². The largest absolute Gasteiger partial charge is 0.436 e. The van der Waals surface area contributed by atoms with Crippen molar-refractivity contribution in [2.75, 3.05) is 24.5 Å². The van der Waals surface area contributed by atoms with Gasteiger partial charge >= 0.3 is 0 Å². The Morgan fingerprint density at radius 2 is 1.93 bits per heavy atom. The lowest BCUT2D eigenvalue weighted by atomic mass is 9.88. The van der Waals surface area contributed by atoms with Crippen LogP contribution >= 0.6 is 0 Å². The Kier molecular flexibility index (Phi) is 5.92. The second kappa shape index (κ2) is 8.76. The minimum Gasteiger partial charge on any atom is -0.436 e. The molecule has 0 spiro atoms.